The lowest BCUT2D eigenvalue weighted by Gasteiger charge is -2.22. The fourth-order valence-electron chi connectivity index (χ4n) is 3.16. The van der Waals surface area contributed by atoms with Gasteiger partial charge in [0.1, 0.15) is 0 Å². The predicted octanol–water partition coefficient (Wildman–Crippen LogP) is 4.19. The van der Waals surface area contributed by atoms with Crippen LogP contribution in [0.4, 0.5) is 13.2 Å². The van der Waals surface area contributed by atoms with Gasteiger partial charge in [-0.05, 0) is 42.3 Å². The zero-order valence-electron chi connectivity index (χ0n) is 14.3. The van der Waals surface area contributed by atoms with Crippen molar-refractivity contribution in [1.29, 1.82) is 0 Å². The maximum absolute atomic E-state index is 12.7. The van der Waals surface area contributed by atoms with Gasteiger partial charge in [0.15, 0.2) is 5.75 Å². The molecule has 2 aromatic carbocycles. The van der Waals surface area contributed by atoms with Gasteiger partial charge in [0.05, 0.1) is 5.02 Å². The van der Waals surface area contributed by atoms with Gasteiger partial charge in [-0.25, -0.2) is 0 Å². The van der Waals surface area contributed by atoms with E-state index in [9.17, 15) is 21.6 Å². The average molecular weight is 420 g/mol. The molecule has 1 aliphatic heterocycles. The summed E-state index contributed by atoms with van der Waals surface area (Å²) < 4.78 is 65.2. The van der Waals surface area contributed by atoms with Gasteiger partial charge in [-0.3, -0.25) is 0 Å². The van der Waals surface area contributed by atoms with Crippen LogP contribution in [0.25, 0.3) is 0 Å². The van der Waals surface area contributed by atoms with E-state index < -0.39 is 21.4 Å². The monoisotopic (exact) mass is 419 g/mol. The van der Waals surface area contributed by atoms with Crippen LogP contribution < -0.4 is 4.18 Å². The molecule has 1 atom stereocenters. The molecule has 9 heteroatoms. The fourth-order valence-corrected chi connectivity index (χ4v) is 3.90. The predicted molar refractivity (Wildman–Crippen MR) is 96.5 cm³/mol. The number of nitrogens with zero attached hydrogens (tertiary/aromatic N) is 1. The van der Waals surface area contributed by atoms with Crippen molar-refractivity contribution in [3.05, 3.63) is 64.2 Å². The maximum Gasteiger partial charge on any atom is 0.534 e. The number of hydrogen-bond acceptors (Lipinski definition) is 4. The minimum absolute atomic E-state index is 0.151. The zero-order valence-corrected chi connectivity index (χ0v) is 15.9. The Balaban J connectivity index is 2.09. The lowest BCUT2D eigenvalue weighted by molar-refractivity contribution is -0.0500. The molecule has 0 aliphatic carbocycles. The van der Waals surface area contributed by atoms with Crippen LogP contribution in [0.3, 0.4) is 0 Å². The van der Waals surface area contributed by atoms with E-state index in [1.807, 2.05) is 37.4 Å². The molecule has 3 rings (SSSR count). The Morgan fingerprint density at radius 2 is 1.85 bits per heavy atom. The quantitative estimate of drug-likeness (QED) is 0.553. The van der Waals surface area contributed by atoms with Crippen LogP contribution in [0, 0.1) is 0 Å². The molecule has 0 saturated heterocycles. The summed E-state index contributed by atoms with van der Waals surface area (Å²) in [4.78, 5) is 2.11. The standard InChI is InChI=1S/C18H17ClF3NO3S/c1-23-8-7-13-9-16(19)17(26-27(24,25)18(20,21)22)10-14(13)15(11-23)12-5-3-2-4-6-12/h2-6,9-10,15H,7-8,11H2,1H3. The van der Waals surface area contributed by atoms with E-state index in [4.69, 9.17) is 11.6 Å². The van der Waals surface area contributed by atoms with E-state index in [2.05, 4.69) is 9.08 Å². The van der Waals surface area contributed by atoms with E-state index in [1.165, 1.54) is 12.1 Å². The molecule has 0 amide bonds. The molecule has 0 bridgehead atoms. The highest BCUT2D eigenvalue weighted by molar-refractivity contribution is 7.88. The third kappa shape index (κ3) is 4.23. The van der Waals surface area contributed by atoms with Gasteiger partial charge in [-0.2, -0.15) is 21.6 Å². The minimum atomic E-state index is -5.80. The molecular formula is C18H17ClF3NO3S. The molecule has 0 fully saturated rings. The second-order valence-corrected chi connectivity index (χ2v) is 8.39. The van der Waals surface area contributed by atoms with Crippen molar-refractivity contribution < 1.29 is 25.8 Å². The van der Waals surface area contributed by atoms with Crippen LogP contribution in [0.1, 0.15) is 22.6 Å². The summed E-state index contributed by atoms with van der Waals surface area (Å²) in [5.74, 6) is -0.667. The maximum atomic E-state index is 12.7. The molecular weight excluding hydrogens is 403 g/mol. The first-order valence-electron chi connectivity index (χ1n) is 8.15. The lowest BCUT2D eigenvalue weighted by Crippen LogP contribution is -2.28. The molecule has 27 heavy (non-hydrogen) atoms. The van der Waals surface area contributed by atoms with Crippen LogP contribution in [0.5, 0.6) is 5.75 Å². The first kappa shape index (κ1) is 20.0. The van der Waals surface area contributed by atoms with Gasteiger partial charge in [0, 0.05) is 19.0 Å². The Morgan fingerprint density at radius 1 is 1.19 bits per heavy atom. The fraction of sp³-hybridized carbons (Fsp3) is 0.333. The van der Waals surface area contributed by atoms with Gasteiger partial charge in [-0.15, -0.1) is 0 Å². The molecule has 0 radical (unpaired) electrons. The van der Waals surface area contributed by atoms with Gasteiger partial charge in [0.25, 0.3) is 0 Å². The van der Waals surface area contributed by atoms with Crippen LogP contribution in [-0.2, 0) is 16.5 Å². The van der Waals surface area contributed by atoms with E-state index >= 15 is 0 Å². The Bertz CT molecular complexity index is 933. The van der Waals surface area contributed by atoms with Crippen LogP contribution in [0.2, 0.25) is 5.02 Å². The second kappa shape index (κ2) is 7.33. The normalized spacial score (nSPS) is 18.6. The molecule has 0 spiro atoms. The van der Waals surface area contributed by atoms with E-state index in [-0.39, 0.29) is 10.9 Å². The lowest BCUT2D eigenvalue weighted by atomic mass is 9.88. The van der Waals surface area contributed by atoms with Crippen molar-refractivity contribution in [2.45, 2.75) is 17.8 Å². The SMILES string of the molecule is CN1CCc2cc(Cl)c(OS(=O)(=O)C(F)(F)F)cc2C(c2ccccc2)C1. The number of alkyl halides is 3. The minimum Gasteiger partial charge on any atom is -0.374 e. The van der Waals surface area contributed by atoms with Crippen LogP contribution in [-0.4, -0.2) is 39.0 Å². The molecule has 0 aromatic heterocycles. The summed E-state index contributed by atoms with van der Waals surface area (Å²) in [7, 11) is -3.84. The third-order valence-electron chi connectivity index (χ3n) is 4.51. The molecule has 1 unspecified atom stereocenters. The Labute approximate surface area is 160 Å². The Morgan fingerprint density at radius 3 is 2.48 bits per heavy atom. The molecule has 1 aliphatic rings. The number of halogens is 4. The first-order valence-corrected chi connectivity index (χ1v) is 9.93. The number of hydrogen-bond donors (Lipinski definition) is 0. The Hall–Kier alpha value is -1.77. The summed E-state index contributed by atoms with van der Waals surface area (Å²) in [6.07, 6.45) is 0.640. The summed E-state index contributed by atoms with van der Waals surface area (Å²) in [6.45, 7) is 1.37. The molecule has 0 saturated carbocycles. The Kier molecular flexibility index (Phi) is 5.42. The van der Waals surface area contributed by atoms with Crippen molar-refractivity contribution in [2.75, 3.05) is 20.1 Å². The van der Waals surface area contributed by atoms with E-state index in [0.717, 1.165) is 17.7 Å². The van der Waals surface area contributed by atoms with Gasteiger partial charge >= 0.3 is 15.6 Å². The molecule has 0 N–H and O–H groups in total. The van der Waals surface area contributed by atoms with Crippen molar-refractivity contribution in [3.8, 4) is 5.75 Å². The largest absolute Gasteiger partial charge is 0.534 e. The smallest absolute Gasteiger partial charge is 0.374 e. The second-order valence-electron chi connectivity index (χ2n) is 6.44. The summed E-state index contributed by atoms with van der Waals surface area (Å²) >= 11 is 6.03. The third-order valence-corrected chi connectivity index (χ3v) is 5.77. The highest BCUT2D eigenvalue weighted by Crippen LogP contribution is 2.39. The highest BCUT2D eigenvalue weighted by atomic mass is 35.5. The highest BCUT2D eigenvalue weighted by Gasteiger charge is 2.49. The summed E-state index contributed by atoms with van der Waals surface area (Å²) in [5, 5.41) is -0.169. The average Bonchev–Trinajstić information content (AvgIpc) is 2.74. The number of fused-ring (bicyclic) bond motifs is 1. The molecule has 146 valence electrons. The first-order chi connectivity index (χ1) is 12.6. The number of benzene rings is 2. The van der Waals surface area contributed by atoms with Gasteiger partial charge in [-0.1, -0.05) is 41.9 Å². The molecule has 2 aromatic rings. The van der Waals surface area contributed by atoms with Crippen molar-refractivity contribution >= 4 is 21.7 Å². The molecule has 4 nitrogen and oxygen atoms in total. The zero-order chi connectivity index (χ0) is 19.8. The topological polar surface area (TPSA) is 46.6 Å². The van der Waals surface area contributed by atoms with Gasteiger partial charge < -0.3 is 9.08 Å². The number of rotatable bonds is 3. The van der Waals surface area contributed by atoms with Crippen molar-refractivity contribution in [3.63, 3.8) is 0 Å². The number of likely N-dealkylation sites (N-methyl/N-ethyl adjacent to an activating group) is 1. The van der Waals surface area contributed by atoms with Crippen LogP contribution in [0.15, 0.2) is 42.5 Å². The molecule has 1 heterocycles. The summed E-state index contributed by atoms with van der Waals surface area (Å²) in [5.41, 5.74) is -2.99. The van der Waals surface area contributed by atoms with Crippen LogP contribution >= 0.6 is 11.6 Å². The van der Waals surface area contributed by atoms with E-state index in [1.54, 1.807) is 0 Å². The van der Waals surface area contributed by atoms with Crippen molar-refractivity contribution in [1.82, 2.24) is 4.90 Å². The van der Waals surface area contributed by atoms with E-state index in [0.29, 0.717) is 18.5 Å². The summed E-state index contributed by atoms with van der Waals surface area (Å²) in [6, 6.07) is 12.3. The van der Waals surface area contributed by atoms with Crippen molar-refractivity contribution in [2.24, 2.45) is 0 Å². The van der Waals surface area contributed by atoms with Gasteiger partial charge in [0.2, 0.25) is 0 Å².